The van der Waals surface area contributed by atoms with Crippen LogP contribution in [-0.2, 0) is 9.53 Å². The number of amides is 1. The van der Waals surface area contributed by atoms with Gasteiger partial charge in [0.15, 0.2) is 5.76 Å². The smallest absolute Gasteiger partial charge is 0.290 e. The predicted octanol–water partition coefficient (Wildman–Crippen LogP) is 4.03. The summed E-state index contributed by atoms with van der Waals surface area (Å²) in [6.45, 7) is 4.36. The lowest BCUT2D eigenvalue weighted by Gasteiger charge is -2.26. The molecule has 148 valence electrons. The minimum Gasteiger partial charge on any atom is -0.503 e. The molecule has 0 bridgehead atoms. The monoisotopic (exact) mass is 420 g/mol. The number of thiazole rings is 1. The predicted molar refractivity (Wildman–Crippen MR) is 108 cm³/mol. The Hall–Kier alpha value is -2.22. The van der Waals surface area contributed by atoms with E-state index in [4.69, 9.17) is 16.3 Å². The van der Waals surface area contributed by atoms with Gasteiger partial charge in [-0.3, -0.25) is 9.59 Å². The number of aryl methyl sites for hydroxylation is 2. The van der Waals surface area contributed by atoms with E-state index in [1.165, 1.54) is 16.2 Å². The van der Waals surface area contributed by atoms with Crippen LogP contribution in [0.3, 0.4) is 0 Å². The molecular weight excluding hydrogens is 400 g/mol. The highest BCUT2D eigenvalue weighted by Gasteiger charge is 2.44. The minimum atomic E-state index is -0.711. The first-order valence-electron chi connectivity index (χ1n) is 8.82. The number of nitrogens with zero attached hydrogens (tertiary/aromatic N) is 2. The second-order valence-electron chi connectivity index (χ2n) is 6.54. The number of methoxy groups -OCH3 is 1. The number of ketones is 1. The van der Waals surface area contributed by atoms with Gasteiger partial charge in [-0.25, -0.2) is 4.98 Å². The first kappa shape index (κ1) is 20.5. The number of hydrogen-bond donors (Lipinski definition) is 1. The Morgan fingerprint density at radius 2 is 2.14 bits per heavy atom. The molecule has 2 aromatic rings. The average Bonchev–Trinajstić information content (AvgIpc) is 3.12. The van der Waals surface area contributed by atoms with Gasteiger partial charge in [0.25, 0.3) is 5.91 Å². The van der Waals surface area contributed by atoms with E-state index >= 15 is 0 Å². The van der Waals surface area contributed by atoms with E-state index in [9.17, 15) is 14.7 Å². The van der Waals surface area contributed by atoms with Crippen molar-refractivity contribution in [1.29, 1.82) is 0 Å². The van der Waals surface area contributed by atoms with Gasteiger partial charge in [-0.1, -0.05) is 23.7 Å². The molecule has 6 nitrogen and oxygen atoms in total. The molecule has 0 saturated heterocycles. The second kappa shape index (κ2) is 8.43. The Morgan fingerprint density at radius 3 is 2.75 bits per heavy atom. The number of aromatic nitrogens is 1. The number of halogens is 1. The molecular formula is C20H21ClN2O4S. The number of Topliss-reactive ketones (excluding diaryl/α,β-unsaturated/α-hetero) is 1. The van der Waals surface area contributed by atoms with Crippen molar-refractivity contribution in [2.45, 2.75) is 26.3 Å². The fourth-order valence-corrected chi connectivity index (χ4v) is 4.46. The van der Waals surface area contributed by atoms with Gasteiger partial charge in [0.05, 0.1) is 27.2 Å². The molecule has 1 aromatic heterocycles. The van der Waals surface area contributed by atoms with Crippen molar-refractivity contribution in [2.75, 3.05) is 20.3 Å². The number of rotatable bonds is 7. The van der Waals surface area contributed by atoms with Gasteiger partial charge in [0.1, 0.15) is 0 Å². The first-order valence-corrected chi connectivity index (χ1v) is 10.0. The summed E-state index contributed by atoms with van der Waals surface area (Å²) in [6, 6.07) is 6.27. The van der Waals surface area contributed by atoms with Crippen molar-refractivity contribution in [3.63, 3.8) is 0 Å². The molecule has 0 saturated carbocycles. The molecule has 0 aliphatic carbocycles. The molecule has 0 spiro atoms. The fourth-order valence-electron chi connectivity index (χ4n) is 3.38. The number of hydrogen-bond acceptors (Lipinski definition) is 6. The van der Waals surface area contributed by atoms with Crippen molar-refractivity contribution in [3.05, 3.63) is 61.8 Å². The largest absolute Gasteiger partial charge is 0.503 e. The zero-order valence-corrected chi connectivity index (χ0v) is 17.4. The molecule has 1 aliphatic heterocycles. The maximum atomic E-state index is 13.3. The summed E-state index contributed by atoms with van der Waals surface area (Å²) in [5, 5.41) is 11.8. The van der Waals surface area contributed by atoms with Gasteiger partial charge >= 0.3 is 0 Å². The molecule has 1 aromatic carbocycles. The summed E-state index contributed by atoms with van der Waals surface area (Å²) in [5.74, 6) is -1.46. The molecule has 8 heteroatoms. The summed E-state index contributed by atoms with van der Waals surface area (Å²) in [7, 11) is 1.58. The Bertz CT molecular complexity index is 953. The van der Waals surface area contributed by atoms with Crippen LogP contribution < -0.4 is 0 Å². The van der Waals surface area contributed by atoms with Crippen LogP contribution in [0.25, 0.3) is 0 Å². The van der Waals surface area contributed by atoms with Crippen LogP contribution in [0.5, 0.6) is 0 Å². The summed E-state index contributed by atoms with van der Waals surface area (Å²) in [4.78, 5) is 32.3. The topological polar surface area (TPSA) is 79.7 Å². The number of aliphatic hydroxyl groups excluding tert-OH is 1. The van der Waals surface area contributed by atoms with E-state index < -0.39 is 17.7 Å². The molecule has 1 unspecified atom stereocenters. The van der Waals surface area contributed by atoms with Crippen molar-refractivity contribution in [1.82, 2.24) is 9.88 Å². The maximum absolute atomic E-state index is 13.3. The molecule has 1 atom stereocenters. The lowest BCUT2D eigenvalue weighted by molar-refractivity contribution is -0.129. The molecule has 1 aliphatic rings. The summed E-state index contributed by atoms with van der Waals surface area (Å²) in [6.07, 6.45) is 0.576. The van der Waals surface area contributed by atoms with Crippen LogP contribution in [-0.4, -0.2) is 46.9 Å². The summed E-state index contributed by atoms with van der Waals surface area (Å²) < 4.78 is 5.08. The summed E-state index contributed by atoms with van der Waals surface area (Å²) >= 11 is 7.40. The van der Waals surface area contributed by atoms with Gasteiger partial charge in [-0.15, -0.1) is 11.3 Å². The molecule has 2 heterocycles. The maximum Gasteiger partial charge on any atom is 0.290 e. The Morgan fingerprint density at radius 1 is 1.39 bits per heavy atom. The lowest BCUT2D eigenvalue weighted by atomic mass is 9.95. The van der Waals surface area contributed by atoms with E-state index in [-0.39, 0.29) is 11.4 Å². The molecule has 0 radical (unpaired) electrons. The first-order chi connectivity index (χ1) is 13.3. The molecule has 1 N–H and O–H groups in total. The van der Waals surface area contributed by atoms with Gasteiger partial charge in [-0.05, 0) is 38.0 Å². The lowest BCUT2D eigenvalue weighted by Crippen LogP contribution is -2.32. The van der Waals surface area contributed by atoms with Crippen molar-refractivity contribution >= 4 is 34.6 Å². The highest BCUT2D eigenvalue weighted by Crippen LogP contribution is 2.40. The Labute approximate surface area is 172 Å². The fraction of sp³-hybridized carbons (Fsp3) is 0.350. The molecule has 1 amide bonds. The quantitative estimate of drug-likeness (QED) is 0.540. The average molecular weight is 421 g/mol. The zero-order valence-electron chi connectivity index (χ0n) is 15.9. The molecule has 3 rings (SSSR count). The highest BCUT2D eigenvalue weighted by atomic mass is 35.5. The molecule has 0 fully saturated rings. The highest BCUT2D eigenvalue weighted by molar-refractivity contribution is 7.14. The number of carbonyl (C=O) groups is 2. The third-order valence-electron chi connectivity index (χ3n) is 4.57. The van der Waals surface area contributed by atoms with E-state index in [1.54, 1.807) is 38.3 Å². The van der Waals surface area contributed by atoms with Gasteiger partial charge in [0.2, 0.25) is 5.78 Å². The SMILES string of the molecule is COCCCN1C(=O)C(O)=C(C(=O)c2sc(C)nc2C)C1c1cccc(Cl)c1. The Kier molecular flexibility index (Phi) is 6.17. The molecule has 28 heavy (non-hydrogen) atoms. The van der Waals surface area contributed by atoms with Gasteiger partial charge in [0, 0.05) is 25.3 Å². The standard InChI is InChI=1S/C20H21ClN2O4S/c1-11-19(28-12(2)22-11)17(24)15-16(13-6-4-7-14(21)10-13)23(8-5-9-27-3)20(26)18(15)25/h4,6-7,10,16,25H,5,8-9H2,1-3H3. The van der Waals surface area contributed by atoms with E-state index in [0.717, 1.165) is 5.01 Å². The van der Waals surface area contributed by atoms with Gasteiger partial charge < -0.3 is 14.7 Å². The van der Waals surface area contributed by atoms with Crippen LogP contribution in [0, 0.1) is 13.8 Å². The number of aliphatic hydroxyl groups is 1. The van der Waals surface area contributed by atoms with E-state index in [0.29, 0.717) is 40.7 Å². The number of benzene rings is 1. The summed E-state index contributed by atoms with van der Waals surface area (Å²) in [5.41, 5.74) is 1.32. The Balaban J connectivity index is 2.07. The van der Waals surface area contributed by atoms with Crippen LogP contribution in [0.2, 0.25) is 5.02 Å². The number of carbonyl (C=O) groups excluding carboxylic acids is 2. The third-order valence-corrected chi connectivity index (χ3v) is 5.88. The van der Waals surface area contributed by atoms with Crippen molar-refractivity contribution < 1.29 is 19.4 Å². The zero-order chi connectivity index (χ0) is 20.4. The minimum absolute atomic E-state index is 0.0661. The van der Waals surface area contributed by atoms with E-state index in [1.807, 2.05) is 6.92 Å². The second-order valence-corrected chi connectivity index (χ2v) is 8.18. The van der Waals surface area contributed by atoms with Crippen molar-refractivity contribution in [2.24, 2.45) is 0 Å². The van der Waals surface area contributed by atoms with Crippen LogP contribution in [0.15, 0.2) is 35.6 Å². The number of ether oxygens (including phenoxy) is 1. The van der Waals surface area contributed by atoms with Crippen LogP contribution in [0.4, 0.5) is 0 Å². The normalized spacial score (nSPS) is 16.9. The van der Waals surface area contributed by atoms with E-state index in [2.05, 4.69) is 4.98 Å². The third kappa shape index (κ3) is 3.83. The van der Waals surface area contributed by atoms with Crippen LogP contribution in [0.1, 0.15) is 38.4 Å². The van der Waals surface area contributed by atoms with Crippen LogP contribution >= 0.6 is 22.9 Å². The van der Waals surface area contributed by atoms with Gasteiger partial charge in [-0.2, -0.15) is 0 Å². The van der Waals surface area contributed by atoms with Crippen molar-refractivity contribution in [3.8, 4) is 0 Å².